The molecule has 5 N–H and O–H groups in total. The fourth-order valence-corrected chi connectivity index (χ4v) is 3.30. The molecular weight excluding hydrogens is 423 g/mol. The standard InChI is InChI=1S/C20H16F3N9/c1-10(28-18-14(8-24)17(25)29-19(26)30-18)16-13-5-4-11(20(21,22)23)7-15(13)32(31-16)12-3-2-6-27-9-12/h2-7,9-10H,1H3,(H5,25,26,28,29,30)/t10-/m0/s1. The first-order valence-corrected chi connectivity index (χ1v) is 9.29. The number of alkyl halides is 3. The largest absolute Gasteiger partial charge is 0.416 e. The molecule has 0 saturated heterocycles. The van der Waals surface area contributed by atoms with Crippen molar-refractivity contribution in [1.29, 1.82) is 5.26 Å². The number of aromatic nitrogens is 5. The average molecular weight is 439 g/mol. The summed E-state index contributed by atoms with van der Waals surface area (Å²) in [5.74, 6) is -0.118. The molecule has 0 aliphatic carbocycles. The molecule has 0 spiro atoms. The van der Waals surface area contributed by atoms with Crippen molar-refractivity contribution in [2.75, 3.05) is 16.8 Å². The summed E-state index contributed by atoms with van der Waals surface area (Å²) >= 11 is 0. The van der Waals surface area contributed by atoms with Gasteiger partial charge in [-0.15, -0.1) is 0 Å². The molecule has 1 atom stereocenters. The number of nitrogen functional groups attached to an aromatic ring is 2. The first-order chi connectivity index (χ1) is 15.2. The van der Waals surface area contributed by atoms with Crippen LogP contribution >= 0.6 is 0 Å². The van der Waals surface area contributed by atoms with E-state index < -0.39 is 17.8 Å². The molecule has 0 amide bonds. The van der Waals surface area contributed by atoms with Gasteiger partial charge in [-0.3, -0.25) is 4.98 Å². The molecule has 4 rings (SSSR count). The normalized spacial score (nSPS) is 12.5. The topological polar surface area (TPSA) is 144 Å². The van der Waals surface area contributed by atoms with E-state index in [1.165, 1.54) is 16.9 Å². The third-order valence-corrected chi connectivity index (χ3v) is 4.76. The predicted molar refractivity (Wildman–Crippen MR) is 111 cm³/mol. The maximum Gasteiger partial charge on any atom is 0.416 e. The number of fused-ring (bicyclic) bond motifs is 1. The maximum atomic E-state index is 13.3. The molecule has 0 radical (unpaired) electrons. The summed E-state index contributed by atoms with van der Waals surface area (Å²) in [7, 11) is 0. The molecule has 3 aromatic heterocycles. The summed E-state index contributed by atoms with van der Waals surface area (Å²) in [4.78, 5) is 11.8. The van der Waals surface area contributed by atoms with Crippen LogP contribution in [0.4, 0.5) is 30.8 Å². The Balaban J connectivity index is 1.86. The van der Waals surface area contributed by atoms with E-state index in [4.69, 9.17) is 11.5 Å². The van der Waals surface area contributed by atoms with Crippen LogP contribution in [0.15, 0.2) is 42.7 Å². The van der Waals surface area contributed by atoms with Crippen LogP contribution < -0.4 is 16.8 Å². The second-order valence-corrected chi connectivity index (χ2v) is 6.91. The average Bonchev–Trinajstić information content (AvgIpc) is 3.12. The molecule has 12 heteroatoms. The summed E-state index contributed by atoms with van der Waals surface area (Å²) in [5, 5.41) is 17.4. The summed E-state index contributed by atoms with van der Waals surface area (Å²) in [6, 6.07) is 8.07. The lowest BCUT2D eigenvalue weighted by Gasteiger charge is -2.15. The number of pyridine rings is 1. The number of hydrogen-bond donors (Lipinski definition) is 3. The predicted octanol–water partition coefficient (Wildman–Crippen LogP) is 3.44. The summed E-state index contributed by atoms with van der Waals surface area (Å²) in [6.07, 6.45) is -1.47. The third kappa shape index (κ3) is 3.71. The molecule has 0 saturated carbocycles. The highest BCUT2D eigenvalue weighted by Gasteiger charge is 2.32. The van der Waals surface area contributed by atoms with Crippen LogP contribution in [-0.4, -0.2) is 24.7 Å². The number of rotatable bonds is 4. The Morgan fingerprint density at radius 3 is 2.62 bits per heavy atom. The van der Waals surface area contributed by atoms with Crippen LogP contribution in [0, 0.1) is 11.3 Å². The summed E-state index contributed by atoms with van der Waals surface area (Å²) < 4.78 is 41.4. The van der Waals surface area contributed by atoms with Crippen LogP contribution in [-0.2, 0) is 6.18 Å². The minimum absolute atomic E-state index is 0.00130. The highest BCUT2D eigenvalue weighted by molar-refractivity contribution is 5.85. The van der Waals surface area contributed by atoms with Gasteiger partial charge in [-0.1, -0.05) is 6.07 Å². The zero-order valence-corrected chi connectivity index (χ0v) is 16.6. The molecule has 162 valence electrons. The fourth-order valence-electron chi connectivity index (χ4n) is 3.30. The molecule has 0 fully saturated rings. The Morgan fingerprint density at radius 1 is 1.19 bits per heavy atom. The zero-order valence-electron chi connectivity index (χ0n) is 16.6. The molecule has 4 aromatic rings. The van der Waals surface area contributed by atoms with Gasteiger partial charge in [0, 0.05) is 11.6 Å². The molecule has 32 heavy (non-hydrogen) atoms. The number of nitrogens with two attached hydrogens (primary N) is 2. The number of halogens is 3. The van der Waals surface area contributed by atoms with Crippen molar-refractivity contribution < 1.29 is 13.2 Å². The van der Waals surface area contributed by atoms with Crippen molar-refractivity contribution in [2.45, 2.75) is 19.1 Å². The monoisotopic (exact) mass is 439 g/mol. The molecule has 0 unspecified atom stereocenters. The molecule has 9 nitrogen and oxygen atoms in total. The molecule has 1 aromatic carbocycles. The molecule has 3 heterocycles. The van der Waals surface area contributed by atoms with Gasteiger partial charge < -0.3 is 16.8 Å². The van der Waals surface area contributed by atoms with Gasteiger partial charge in [0.15, 0.2) is 5.82 Å². The minimum Gasteiger partial charge on any atom is -0.382 e. The van der Waals surface area contributed by atoms with E-state index in [1.54, 1.807) is 25.3 Å². The van der Waals surface area contributed by atoms with Crippen LogP contribution in [0.1, 0.15) is 29.8 Å². The molecule has 0 aliphatic heterocycles. The number of nitriles is 1. The van der Waals surface area contributed by atoms with E-state index in [2.05, 4.69) is 25.4 Å². The summed E-state index contributed by atoms with van der Waals surface area (Å²) in [6.45, 7) is 1.72. The minimum atomic E-state index is -4.51. The Hall–Kier alpha value is -4.40. The van der Waals surface area contributed by atoms with Gasteiger partial charge in [0.05, 0.1) is 34.7 Å². The SMILES string of the molecule is C[C@H](Nc1nc(N)nc(N)c1C#N)c1nn(-c2cccnc2)c2cc(C(F)(F)F)ccc12. The second kappa shape index (κ2) is 7.69. The van der Waals surface area contributed by atoms with Gasteiger partial charge in [0.1, 0.15) is 17.5 Å². The van der Waals surface area contributed by atoms with E-state index in [9.17, 15) is 18.4 Å². The van der Waals surface area contributed by atoms with E-state index in [0.29, 0.717) is 16.8 Å². The van der Waals surface area contributed by atoms with Gasteiger partial charge in [0.2, 0.25) is 5.95 Å². The smallest absolute Gasteiger partial charge is 0.382 e. The number of anilines is 3. The highest BCUT2D eigenvalue weighted by Crippen LogP contribution is 2.35. The van der Waals surface area contributed by atoms with Gasteiger partial charge >= 0.3 is 6.18 Å². The lowest BCUT2D eigenvalue weighted by atomic mass is 10.1. The van der Waals surface area contributed by atoms with Gasteiger partial charge in [-0.05, 0) is 31.2 Å². The van der Waals surface area contributed by atoms with Crippen molar-refractivity contribution in [2.24, 2.45) is 0 Å². The molecule has 0 bridgehead atoms. The van der Waals surface area contributed by atoms with Gasteiger partial charge in [-0.2, -0.15) is 33.5 Å². The number of nitrogens with zero attached hydrogens (tertiary/aromatic N) is 6. The Kier molecular flexibility index (Phi) is 5.01. The van der Waals surface area contributed by atoms with Crippen LogP contribution in [0.2, 0.25) is 0 Å². The lowest BCUT2D eigenvalue weighted by molar-refractivity contribution is -0.137. The molecular formula is C20H16F3N9. The first kappa shape index (κ1) is 20.9. The van der Waals surface area contributed by atoms with E-state index >= 15 is 0 Å². The maximum absolute atomic E-state index is 13.3. The van der Waals surface area contributed by atoms with Crippen molar-refractivity contribution >= 4 is 28.5 Å². The van der Waals surface area contributed by atoms with Crippen LogP contribution in [0.25, 0.3) is 16.6 Å². The van der Waals surface area contributed by atoms with Crippen molar-refractivity contribution in [3.8, 4) is 11.8 Å². The highest BCUT2D eigenvalue weighted by atomic mass is 19.4. The van der Waals surface area contributed by atoms with Crippen molar-refractivity contribution in [3.63, 3.8) is 0 Å². The second-order valence-electron chi connectivity index (χ2n) is 6.91. The van der Waals surface area contributed by atoms with Crippen molar-refractivity contribution in [1.82, 2.24) is 24.7 Å². The van der Waals surface area contributed by atoms with E-state index in [-0.39, 0.29) is 28.7 Å². The van der Waals surface area contributed by atoms with Crippen molar-refractivity contribution in [3.05, 3.63) is 59.5 Å². The lowest BCUT2D eigenvalue weighted by Crippen LogP contribution is -2.14. The fraction of sp³-hybridized carbons (Fsp3) is 0.150. The number of benzene rings is 1. The third-order valence-electron chi connectivity index (χ3n) is 4.76. The van der Waals surface area contributed by atoms with E-state index in [1.807, 2.05) is 6.07 Å². The number of nitrogens with one attached hydrogen (secondary N) is 1. The number of hydrogen-bond acceptors (Lipinski definition) is 8. The Morgan fingerprint density at radius 2 is 1.97 bits per heavy atom. The van der Waals surface area contributed by atoms with E-state index in [0.717, 1.165) is 12.1 Å². The molecule has 0 aliphatic rings. The quantitative estimate of drug-likeness (QED) is 0.439. The van der Waals surface area contributed by atoms with Gasteiger partial charge in [-0.25, -0.2) is 4.68 Å². The Labute approximate surface area is 179 Å². The zero-order chi connectivity index (χ0) is 23.0. The van der Waals surface area contributed by atoms with Gasteiger partial charge in [0.25, 0.3) is 0 Å². The van der Waals surface area contributed by atoms with Crippen LogP contribution in [0.5, 0.6) is 0 Å². The first-order valence-electron chi connectivity index (χ1n) is 9.29. The summed E-state index contributed by atoms with van der Waals surface area (Å²) in [5.41, 5.74) is 11.8. The Bertz CT molecular complexity index is 1340. The van der Waals surface area contributed by atoms with Crippen LogP contribution in [0.3, 0.4) is 0 Å².